The van der Waals surface area contributed by atoms with Crippen molar-refractivity contribution in [2.24, 2.45) is 5.92 Å². The highest BCUT2D eigenvalue weighted by Crippen LogP contribution is 2.32. The molecule has 4 atom stereocenters. The van der Waals surface area contributed by atoms with Crippen LogP contribution in [0.5, 0.6) is 0 Å². The van der Waals surface area contributed by atoms with Crippen LogP contribution in [0.3, 0.4) is 0 Å². The fourth-order valence-corrected chi connectivity index (χ4v) is 1.89. The normalized spacial score (nSPS) is 44.4. The molecule has 0 radical (unpaired) electrons. The summed E-state index contributed by atoms with van der Waals surface area (Å²) in [5.41, 5.74) is 0. The summed E-state index contributed by atoms with van der Waals surface area (Å²) in [7, 11) is 0. The lowest BCUT2D eigenvalue weighted by atomic mass is 9.92. The quantitative estimate of drug-likeness (QED) is 0.580. The van der Waals surface area contributed by atoms with E-state index in [1.807, 2.05) is 0 Å². The highest BCUT2D eigenvalue weighted by Gasteiger charge is 2.49. The second-order valence-corrected chi connectivity index (χ2v) is 4.55. The minimum Gasteiger partial charge on any atom is -0.457 e. The lowest BCUT2D eigenvalue weighted by molar-refractivity contribution is -0.332. The first-order valence-corrected chi connectivity index (χ1v) is 5.11. The van der Waals surface area contributed by atoms with Gasteiger partial charge in [0.2, 0.25) is 0 Å². The minimum absolute atomic E-state index is 0.271. The lowest BCUT2D eigenvalue weighted by Crippen LogP contribution is -2.60. The standard InChI is InChI=1S/C10H16O5/c1-5-7(11)8-6(14-9(5)12)4-13-10(2,3)15-8/h5-8,11H,4H2,1-3H3/t5-,6-,7-,8?/m1/s1. The minimum atomic E-state index is -0.820. The molecule has 2 heterocycles. The molecule has 2 aliphatic heterocycles. The zero-order chi connectivity index (χ0) is 11.2. The molecule has 2 fully saturated rings. The van der Waals surface area contributed by atoms with E-state index in [2.05, 4.69) is 0 Å². The number of carbonyl (C=O) groups is 1. The van der Waals surface area contributed by atoms with E-state index in [1.165, 1.54) is 0 Å². The van der Waals surface area contributed by atoms with E-state index in [0.29, 0.717) is 0 Å². The number of hydrogen-bond acceptors (Lipinski definition) is 5. The van der Waals surface area contributed by atoms with Gasteiger partial charge in [-0.2, -0.15) is 0 Å². The Morgan fingerprint density at radius 2 is 2.13 bits per heavy atom. The van der Waals surface area contributed by atoms with Gasteiger partial charge in [0.05, 0.1) is 18.6 Å². The van der Waals surface area contributed by atoms with Crippen molar-refractivity contribution in [3.05, 3.63) is 0 Å². The third kappa shape index (κ3) is 1.87. The lowest BCUT2D eigenvalue weighted by Gasteiger charge is -2.46. The molecule has 1 unspecified atom stereocenters. The fraction of sp³-hybridized carbons (Fsp3) is 0.900. The number of aliphatic hydroxyl groups excluding tert-OH is 1. The summed E-state index contributed by atoms with van der Waals surface area (Å²) in [5.74, 6) is -1.66. The first-order chi connectivity index (χ1) is 6.91. The Kier molecular flexibility index (Phi) is 2.48. The Bertz CT molecular complexity index is 273. The van der Waals surface area contributed by atoms with Crippen LogP contribution in [0.1, 0.15) is 20.8 Å². The second-order valence-electron chi connectivity index (χ2n) is 4.55. The van der Waals surface area contributed by atoms with Crippen LogP contribution < -0.4 is 0 Å². The van der Waals surface area contributed by atoms with Crippen molar-refractivity contribution in [1.29, 1.82) is 0 Å². The predicted octanol–water partition coefficient (Wildman–Crippen LogP) is 0.0603. The van der Waals surface area contributed by atoms with Crippen molar-refractivity contribution in [2.45, 2.75) is 44.9 Å². The predicted molar refractivity (Wildman–Crippen MR) is 50.0 cm³/mol. The van der Waals surface area contributed by atoms with Crippen LogP contribution in [0.25, 0.3) is 0 Å². The molecular formula is C10H16O5. The van der Waals surface area contributed by atoms with Gasteiger partial charge >= 0.3 is 5.97 Å². The number of fused-ring (bicyclic) bond motifs is 1. The number of ether oxygens (including phenoxy) is 3. The summed E-state index contributed by atoms with van der Waals surface area (Å²) >= 11 is 0. The molecule has 0 aliphatic carbocycles. The van der Waals surface area contributed by atoms with Crippen LogP contribution in [0.2, 0.25) is 0 Å². The molecule has 86 valence electrons. The van der Waals surface area contributed by atoms with Gasteiger partial charge < -0.3 is 19.3 Å². The Morgan fingerprint density at radius 3 is 2.80 bits per heavy atom. The van der Waals surface area contributed by atoms with Crippen molar-refractivity contribution in [2.75, 3.05) is 6.61 Å². The number of carbonyl (C=O) groups excluding carboxylic acids is 1. The average molecular weight is 216 g/mol. The molecule has 0 aromatic carbocycles. The molecule has 0 saturated carbocycles. The van der Waals surface area contributed by atoms with E-state index < -0.39 is 36.0 Å². The Labute approximate surface area is 88.3 Å². The number of hydrogen-bond donors (Lipinski definition) is 1. The third-order valence-corrected chi connectivity index (χ3v) is 2.87. The van der Waals surface area contributed by atoms with Gasteiger partial charge in [0, 0.05) is 0 Å². The first kappa shape index (κ1) is 10.9. The number of esters is 1. The van der Waals surface area contributed by atoms with E-state index in [1.54, 1.807) is 20.8 Å². The summed E-state index contributed by atoms with van der Waals surface area (Å²) in [6.07, 6.45) is -1.79. The van der Waals surface area contributed by atoms with Gasteiger partial charge in [-0.15, -0.1) is 0 Å². The van der Waals surface area contributed by atoms with Crippen molar-refractivity contribution in [3.63, 3.8) is 0 Å². The molecule has 0 aromatic heterocycles. The summed E-state index contributed by atoms with van der Waals surface area (Å²) in [6.45, 7) is 5.45. The number of rotatable bonds is 0. The molecule has 0 aromatic rings. The summed E-state index contributed by atoms with van der Waals surface area (Å²) in [6, 6.07) is 0. The monoisotopic (exact) mass is 216 g/mol. The average Bonchev–Trinajstić information content (AvgIpc) is 2.16. The molecule has 0 spiro atoms. The van der Waals surface area contributed by atoms with Gasteiger partial charge in [-0.05, 0) is 20.8 Å². The topological polar surface area (TPSA) is 65.0 Å². The molecule has 5 nitrogen and oxygen atoms in total. The molecule has 1 N–H and O–H groups in total. The molecule has 5 heteroatoms. The van der Waals surface area contributed by atoms with Gasteiger partial charge in [0.25, 0.3) is 0 Å². The molecule has 2 rings (SSSR count). The molecule has 2 aliphatic rings. The first-order valence-electron chi connectivity index (χ1n) is 5.11. The van der Waals surface area contributed by atoms with Crippen LogP contribution in [-0.2, 0) is 19.0 Å². The molecule has 0 amide bonds. The highest BCUT2D eigenvalue weighted by molar-refractivity contribution is 5.74. The number of aliphatic hydroxyl groups is 1. The van der Waals surface area contributed by atoms with E-state index >= 15 is 0 Å². The van der Waals surface area contributed by atoms with Gasteiger partial charge in [-0.1, -0.05) is 0 Å². The zero-order valence-electron chi connectivity index (χ0n) is 9.10. The van der Waals surface area contributed by atoms with Crippen molar-refractivity contribution >= 4 is 5.97 Å². The maximum absolute atomic E-state index is 11.3. The van der Waals surface area contributed by atoms with Crippen LogP contribution in [-0.4, -0.2) is 41.8 Å². The largest absolute Gasteiger partial charge is 0.457 e. The summed E-state index contributed by atoms with van der Waals surface area (Å²) in [5, 5.41) is 9.89. The van der Waals surface area contributed by atoms with Crippen LogP contribution in [0.4, 0.5) is 0 Å². The maximum atomic E-state index is 11.3. The molecule has 2 saturated heterocycles. The van der Waals surface area contributed by atoms with Crippen LogP contribution in [0, 0.1) is 5.92 Å². The van der Waals surface area contributed by atoms with Gasteiger partial charge in [0.15, 0.2) is 11.9 Å². The van der Waals surface area contributed by atoms with E-state index in [-0.39, 0.29) is 6.61 Å². The molecular weight excluding hydrogens is 200 g/mol. The Morgan fingerprint density at radius 1 is 1.47 bits per heavy atom. The summed E-state index contributed by atoms with van der Waals surface area (Å²) in [4.78, 5) is 11.3. The van der Waals surface area contributed by atoms with E-state index in [9.17, 15) is 9.90 Å². The SMILES string of the molecule is C[C@H]1C(=O)O[C@@H]2COC(C)(C)OC2[C@@H]1O. The highest BCUT2D eigenvalue weighted by atomic mass is 16.7. The second kappa shape index (κ2) is 3.43. The third-order valence-electron chi connectivity index (χ3n) is 2.87. The smallest absolute Gasteiger partial charge is 0.311 e. The summed E-state index contributed by atoms with van der Waals surface area (Å²) < 4.78 is 16.0. The van der Waals surface area contributed by atoms with Crippen LogP contribution in [0.15, 0.2) is 0 Å². The van der Waals surface area contributed by atoms with Crippen molar-refractivity contribution in [3.8, 4) is 0 Å². The fourth-order valence-electron chi connectivity index (χ4n) is 1.89. The van der Waals surface area contributed by atoms with Crippen molar-refractivity contribution in [1.82, 2.24) is 0 Å². The van der Waals surface area contributed by atoms with Crippen molar-refractivity contribution < 1.29 is 24.1 Å². The Hall–Kier alpha value is -0.650. The van der Waals surface area contributed by atoms with Gasteiger partial charge in [0.1, 0.15) is 6.10 Å². The van der Waals surface area contributed by atoms with Gasteiger partial charge in [-0.3, -0.25) is 4.79 Å². The zero-order valence-corrected chi connectivity index (χ0v) is 9.10. The maximum Gasteiger partial charge on any atom is 0.311 e. The Balaban J connectivity index is 2.15. The van der Waals surface area contributed by atoms with E-state index in [4.69, 9.17) is 14.2 Å². The van der Waals surface area contributed by atoms with E-state index in [0.717, 1.165) is 0 Å². The molecule has 15 heavy (non-hydrogen) atoms. The van der Waals surface area contributed by atoms with Crippen LogP contribution >= 0.6 is 0 Å². The molecule has 0 bridgehead atoms. The van der Waals surface area contributed by atoms with Gasteiger partial charge in [-0.25, -0.2) is 0 Å².